The van der Waals surface area contributed by atoms with Gasteiger partial charge in [-0.2, -0.15) is 0 Å². The Hall–Kier alpha value is -6.52. The van der Waals surface area contributed by atoms with Crippen LogP contribution in [0.3, 0.4) is 0 Å². The zero-order chi connectivity index (χ0) is 31.9. The summed E-state index contributed by atoms with van der Waals surface area (Å²) < 4.78 is 2.30. The Labute approximate surface area is 278 Å². The molecule has 0 aliphatic rings. The SMILES string of the molecule is c1ccc(-c2nc(-n3c4ccccc4c4cc(-c5ccc(N(c6ccccc6)c6ccccc6)cc5)ccc43)c3ccccc3n2)cc1. The highest BCUT2D eigenvalue weighted by atomic mass is 15.1. The average molecular weight is 615 g/mol. The molecule has 0 atom stereocenters. The summed E-state index contributed by atoms with van der Waals surface area (Å²) >= 11 is 0. The molecular formula is C44H30N4. The zero-order valence-corrected chi connectivity index (χ0v) is 26.1. The maximum atomic E-state index is 5.22. The van der Waals surface area contributed by atoms with Crippen LogP contribution in [-0.4, -0.2) is 14.5 Å². The minimum absolute atomic E-state index is 0.715. The van der Waals surface area contributed by atoms with E-state index < -0.39 is 0 Å². The maximum absolute atomic E-state index is 5.22. The second-order valence-electron chi connectivity index (χ2n) is 11.9. The summed E-state index contributed by atoms with van der Waals surface area (Å²) in [5.41, 5.74) is 9.83. The van der Waals surface area contributed by atoms with Gasteiger partial charge in [0, 0.05) is 38.8 Å². The molecule has 0 N–H and O–H groups in total. The Kier molecular flexibility index (Phi) is 6.76. The first kappa shape index (κ1) is 27.8. The highest BCUT2D eigenvalue weighted by molar-refractivity contribution is 6.11. The van der Waals surface area contributed by atoms with E-state index in [1.165, 1.54) is 16.3 Å². The summed E-state index contributed by atoms with van der Waals surface area (Å²) in [6.45, 7) is 0. The predicted molar refractivity (Wildman–Crippen MR) is 199 cm³/mol. The first-order valence-corrected chi connectivity index (χ1v) is 16.2. The van der Waals surface area contributed by atoms with Gasteiger partial charge in [0.15, 0.2) is 5.82 Å². The van der Waals surface area contributed by atoms with Gasteiger partial charge in [0.25, 0.3) is 0 Å². The molecule has 48 heavy (non-hydrogen) atoms. The molecule has 0 fully saturated rings. The second-order valence-corrected chi connectivity index (χ2v) is 11.9. The molecule has 4 nitrogen and oxygen atoms in total. The van der Waals surface area contributed by atoms with Crippen molar-refractivity contribution >= 4 is 49.8 Å². The van der Waals surface area contributed by atoms with Crippen molar-refractivity contribution in [3.63, 3.8) is 0 Å². The van der Waals surface area contributed by atoms with Crippen LogP contribution in [0.4, 0.5) is 17.1 Å². The number of nitrogens with zero attached hydrogens (tertiary/aromatic N) is 4. The fourth-order valence-corrected chi connectivity index (χ4v) is 6.73. The maximum Gasteiger partial charge on any atom is 0.162 e. The van der Waals surface area contributed by atoms with Crippen molar-refractivity contribution in [1.82, 2.24) is 14.5 Å². The number of hydrogen-bond donors (Lipinski definition) is 0. The van der Waals surface area contributed by atoms with Gasteiger partial charge in [0.05, 0.1) is 16.6 Å². The van der Waals surface area contributed by atoms with Crippen molar-refractivity contribution in [2.45, 2.75) is 0 Å². The topological polar surface area (TPSA) is 34.0 Å². The van der Waals surface area contributed by atoms with Gasteiger partial charge >= 0.3 is 0 Å². The Morgan fingerprint density at radius 3 is 1.62 bits per heavy atom. The molecule has 0 bridgehead atoms. The van der Waals surface area contributed by atoms with Gasteiger partial charge in [-0.1, -0.05) is 115 Å². The molecule has 0 aliphatic carbocycles. The molecule has 9 rings (SSSR count). The Morgan fingerprint density at radius 1 is 0.375 bits per heavy atom. The average Bonchev–Trinajstić information content (AvgIpc) is 3.49. The van der Waals surface area contributed by atoms with E-state index in [-0.39, 0.29) is 0 Å². The molecule has 0 spiro atoms. The third kappa shape index (κ3) is 4.79. The van der Waals surface area contributed by atoms with Crippen molar-refractivity contribution < 1.29 is 0 Å². The predicted octanol–water partition coefficient (Wildman–Crippen LogP) is 11.5. The molecule has 4 heteroatoms. The number of benzene rings is 7. The molecule has 0 saturated carbocycles. The number of para-hydroxylation sites is 4. The molecule has 9 aromatic rings. The third-order valence-electron chi connectivity index (χ3n) is 8.99. The van der Waals surface area contributed by atoms with Crippen LogP contribution in [0.25, 0.3) is 61.0 Å². The van der Waals surface area contributed by atoms with Gasteiger partial charge in [-0.15, -0.1) is 0 Å². The van der Waals surface area contributed by atoms with Crippen molar-refractivity contribution in [3.8, 4) is 28.3 Å². The fourth-order valence-electron chi connectivity index (χ4n) is 6.73. The number of rotatable bonds is 6. The quantitative estimate of drug-likeness (QED) is 0.187. The van der Waals surface area contributed by atoms with Crippen molar-refractivity contribution in [2.75, 3.05) is 4.90 Å². The normalized spacial score (nSPS) is 11.3. The minimum Gasteiger partial charge on any atom is -0.311 e. The van der Waals surface area contributed by atoms with E-state index in [4.69, 9.17) is 9.97 Å². The van der Waals surface area contributed by atoms with Crippen molar-refractivity contribution in [2.24, 2.45) is 0 Å². The van der Waals surface area contributed by atoms with Crippen molar-refractivity contribution in [1.29, 1.82) is 0 Å². The third-order valence-corrected chi connectivity index (χ3v) is 8.99. The Morgan fingerprint density at radius 2 is 0.917 bits per heavy atom. The molecule has 0 saturated heterocycles. The molecule has 2 heterocycles. The second kappa shape index (κ2) is 11.7. The van der Waals surface area contributed by atoms with Crippen molar-refractivity contribution in [3.05, 3.63) is 182 Å². The molecule has 2 aromatic heterocycles. The minimum atomic E-state index is 0.715. The molecule has 0 radical (unpaired) electrons. The van der Waals surface area contributed by atoms with Gasteiger partial charge in [-0.05, 0) is 77.9 Å². The number of hydrogen-bond acceptors (Lipinski definition) is 3. The van der Waals surface area contributed by atoms with Gasteiger partial charge < -0.3 is 4.90 Å². The first-order valence-electron chi connectivity index (χ1n) is 16.2. The molecule has 0 aliphatic heterocycles. The summed E-state index contributed by atoms with van der Waals surface area (Å²) in [5.74, 6) is 1.59. The van der Waals surface area contributed by atoms with Crippen LogP contribution in [0.1, 0.15) is 0 Å². The van der Waals surface area contributed by atoms with Gasteiger partial charge in [0.2, 0.25) is 0 Å². The van der Waals surface area contributed by atoms with Crippen LogP contribution in [0.15, 0.2) is 182 Å². The van der Waals surface area contributed by atoms with E-state index in [0.29, 0.717) is 5.82 Å². The van der Waals surface area contributed by atoms with E-state index in [1.807, 2.05) is 24.3 Å². The number of aromatic nitrogens is 3. The molecule has 7 aromatic carbocycles. The summed E-state index contributed by atoms with van der Waals surface area (Å²) in [7, 11) is 0. The fraction of sp³-hybridized carbons (Fsp3) is 0. The van der Waals surface area contributed by atoms with Crippen LogP contribution in [0.2, 0.25) is 0 Å². The molecular weight excluding hydrogens is 585 g/mol. The summed E-state index contributed by atoms with van der Waals surface area (Å²) in [4.78, 5) is 12.5. The van der Waals surface area contributed by atoms with Crippen LogP contribution in [-0.2, 0) is 0 Å². The smallest absolute Gasteiger partial charge is 0.162 e. The summed E-state index contributed by atoms with van der Waals surface area (Å²) in [5, 5.41) is 3.39. The zero-order valence-electron chi connectivity index (χ0n) is 26.1. The van der Waals surface area contributed by atoms with E-state index in [9.17, 15) is 0 Å². The van der Waals surface area contributed by atoms with Crippen LogP contribution in [0, 0.1) is 0 Å². The highest BCUT2D eigenvalue weighted by Crippen LogP contribution is 2.38. The molecule has 226 valence electrons. The lowest BCUT2D eigenvalue weighted by Crippen LogP contribution is -2.09. The van der Waals surface area contributed by atoms with Gasteiger partial charge in [0.1, 0.15) is 5.82 Å². The standard InChI is InChI=1S/C44H30N4/c1-4-14-32(15-5-1)43-45-40-22-12-10-21-38(40)44(46-43)48-41-23-13-11-20-37(41)39-30-33(26-29-42(39)48)31-24-27-36(28-25-31)47(34-16-6-2-7-17-34)35-18-8-3-9-19-35/h1-30H. The van der Waals surface area contributed by atoms with E-state index in [1.54, 1.807) is 0 Å². The summed E-state index contributed by atoms with van der Waals surface area (Å²) in [6.07, 6.45) is 0. The highest BCUT2D eigenvalue weighted by Gasteiger charge is 2.18. The number of anilines is 3. The molecule has 0 amide bonds. The molecule has 0 unspecified atom stereocenters. The summed E-state index contributed by atoms with van der Waals surface area (Å²) in [6, 6.07) is 63.8. The lowest BCUT2D eigenvalue weighted by molar-refractivity contribution is 1.08. The van der Waals surface area contributed by atoms with Crippen LogP contribution < -0.4 is 4.90 Å². The Balaban J connectivity index is 1.18. The lowest BCUT2D eigenvalue weighted by Gasteiger charge is -2.25. The largest absolute Gasteiger partial charge is 0.311 e. The van der Waals surface area contributed by atoms with E-state index in [0.717, 1.165) is 55.9 Å². The lowest BCUT2D eigenvalue weighted by atomic mass is 10.0. The van der Waals surface area contributed by atoms with Crippen LogP contribution in [0.5, 0.6) is 0 Å². The Bertz CT molecular complexity index is 2500. The van der Waals surface area contributed by atoms with Gasteiger partial charge in [-0.3, -0.25) is 4.57 Å². The first-order chi connectivity index (χ1) is 23.8. The number of fused-ring (bicyclic) bond motifs is 4. The van der Waals surface area contributed by atoms with E-state index >= 15 is 0 Å². The van der Waals surface area contributed by atoms with Gasteiger partial charge in [-0.25, -0.2) is 9.97 Å². The van der Waals surface area contributed by atoms with Crippen LogP contribution >= 0.6 is 0 Å². The van der Waals surface area contributed by atoms with E-state index in [2.05, 4.69) is 167 Å². The monoisotopic (exact) mass is 614 g/mol.